The van der Waals surface area contributed by atoms with E-state index in [1.54, 1.807) is 66.7 Å². The number of anilines is 2. The monoisotopic (exact) mass is 390 g/mol. The van der Waals surface area contributed by atoms with Crippen LogP contribution in [0.3, 0.4) is 0 Å². The Bertz CT molecular complexity index is 1110. The second-order valence-electron chi connectivity index (χ2n) is 6.42. The summed E-state index contributed by atoms with van der Waals surface area (Å²) in [5, 5.41) is 3.30. The number of hydrogen-bond donors (Lipinski definition) is 1. The number of carbonyl (C=O) groups is 3. The topological polar surface area (TPSA) is 66.5 Å². The van der Waals surface area contributed by atoms with E-state index >= 15 is 0 Å². The Morgan fingerprint density at radius 2 is 1.50 bits per heavy atom. The minimum Gasteiger partial charge on any atom is -0.322 e. The average molecular weight is 391 g/mol. The van der Waals surface area contributed by atoms with Crippen LogP contribution < -0.4 is 10.2 Å². The van der Waals surface area contributed by atoms with E-state index in [1.165, 1.54) is 0 Å². The van der Waals surface area contributed by atoms with Gasteiger partial charge in [0.15, 0.2) is 0 Å². The number of nitrogens with one attached hydrogen (secondary N) is 1. The first-order valence-corrected chi connectivity index (χ1v) is 8.99. The number of para-hydroxylation sites is 1. The molecule has 0 fully saturated rings. The van der Waals surface area contributed by atoms with Gasteiger partial charge in [0.1, 0.15) is 0 Å². The van der Waals surface area contributed by atoms with Crippen LogP contribution in [0.25, 0.3) is 0 Å². The Hall–Kier alpha value is -3.44. The van der Waals surface area contributed by atoms with Gasteiger partial charge in [0, 0.05) is 10.7 Å². The van der Waals surface area contributed by atoms with E-state index in [1.807, 2.05) is 6.92 Å². The van der Waals surface area contributed by atoms with Crippen molar-refractivity contribution in [2.24, 2.45) is 0 Å². The van der Waals surface area contributed by atoms with Crippen molar-refractivity contribution in [1.29, 1.82) is 0 Å². The quantitative estimate of drug-likeness (QED) is 0.659. The fraction of sp³-hybridized carbons (Fsp3) is 0.0455. The molecule has 4 rings (SSSR count). The maximum atomic E-state index is 12.9. The third kappa shape index (κ3) is 2.96. The molecule has 0 saturated carbocycles. The molecule has 1 heterocycles. The van der Waals surface area contributed by atoms with Crippen molar-refractivity contribution in [3.8, 4) is 0 Å². The summed E-state index contributed by atoms with van der Waals surface area (Å²) >= 11 is 6.02. The molecule has 0 unspecified atom stereocenters. The van der Waals surface area contributed by atoms with Gasteiger partial charge in [-0.25, -0.2) is 4.90 Å². The van der Waals surface area contributed by atoms with Crippen molar-refractivity contribution in [3.05, 3.63) is 94.0 Å². The summed E-state index contributed by atoms with van der Waals surface area (Å²) < 4.78 is 0. The van der Waals surface area contributed by atoms with Gasteiger partial charge in [-0.05, 0) is 48.9 Å². The highest BCUT2D eigenvalue weighted by atomic mass is 35.5. The molecule has 28 heavy (non-hydrogen) atoms. The highest BCUT2D eigenvalue weighted by Gasteiger charge is 2.37. The first kappa shape index (κ1) is 17.9. The van der Waals surface area contributed by atoms with Crippen molar-refractivity contribution >= 4 is 40.7 Å². The highest BCUT2D eigenvalue weighted by molar-refractivity contribution is 6.35. The maximum Gasteiger partial charge on any atom is 0.266 e. The molecule has 0 spiro atoms. The minimum atomic E-state index is -0.445. The summed E-state index contributed by atoms with van der Waals surface area (Å²) in [6.07, 6.45) is 0. The molecular formula is C22H15ClN2O3. The molecule has 0 aliphatic carbocycles. The molecule has 0 atom stereocenters. The molecule has 0 bridgehead atoms. The standard InChI is InChI=1S/C22H15ClN2O3/c1-13-10-11-14(23)12-18(13)24-20(26)17-8-4-5-9-19(17)25-21(27)15-6-2-3-7-16(15)22(25)28/h2-12H,1H3,(H,24,26). The largest absolute Gasteiger partial charge is 0.322 e. The zero-order chi connectivity index (χ0) is 19.8. The van der Waals surface area contributed by atoms with Gasteiger partial charge in [-0.3, -0.25) is 14.4 Å². The molecular weight excluding hydrogens is 376 g/mol. The third-order valence-corrected chi connectivity index (χ3v) is 4.87. The lowest BCUT2D eigenvalue weighted by atomic mass is 10.1. The van der Waals surface area contributed by atoms with Gasteiger partial charge in [0.2, 0.25) is 0 Å². The summed E-state index contributed by atoms with van der Waals surface area (Å²) in [7, 11) is 0. The molecule has 6 heteroatoms. The molecule has 0 aromatic heterocycles. The third-order valence-electron chi connectivity index (χ3n) is 4.63. The Balaban J connectivity index is 1.72. The van der Waals surface area contributed by atoms with Crippen molar-refractivity contribution in [2.75, 3.05) is 10.2 Å². The highest BCUT2D eigenvalue weighted by Crippen LogP contribution is 2.31. The lowest BCUT2D eigenvalue weighted by molar-refractivity contribution is 0.0926. The average Bonchev–Trinajstić information content (AvgIpc) is 2.95. The summed E-state index contributed by atoms with van der Waals surface area (Å²) in [4.78, 5) is 39.6. The van der Waals surface area contributed by atoms with Crippen LogP contribution >= 0.6 is 11.6 Å². The number of benzene rings is 3. The van der Waals surface area contributed by atoms with Gasteiger partial charge < -0.3 is 5.32 Å². The van der Waals surface area contributed by atoms with E-state index in [9.17, 15) is 14.4 Å². The van der Waals surface area contributed by atoms with E-state index in [4.69, 9.17) is 11.6 Å². The van der Waals surface area contributed by atoms with Gasteiger partial charge in [0.05, 0.1) is 22.4 Å². The van der Waals surface area contributed by atoms with Crippen LogP contribution in [0.5, 0.6) is 0 Å². The first-order valence-electron chi connectivity index (χ1n) is 8.61. The molecule has 0 saturated heterocycles. The fourth-order valence-corrected chi connectivity index (χ4v) is 3.36. The van der Waals surface area contributed by atoms with Crippen LogP contribution in [-0.4, -0.2) is 17.7 Å². The Morgan fingerprint density at radius 3 is 2.18 bits per heavy atom. The molecule has 138 valence electrons. The fourth-order valence-electron chi connectivity index (χ4n) is 3.19. The summed E-state index contributed by atoms with van der Waals surface area (Å²) in [5.41, 5.74) is 2.52. The number of aryl methyl sites for hydroxylation is 1. The Labute approximate surface area is 166 Å². The minimum absolute atomic E-state index is 0.219. The molecule has 1 aliphatic rings. The van der Waals surface area contributed by atoms with Gasteiger partial charge in [-0.1, -0.05) is 41.9 Å². The smallest absolute Gasteiger partial charge is 0.266 e. The molecule has 3 aromatic carbocycles. The number of fused-ring (bicyclic) bond motifs is 1. The predicted octanol–water partition coefficient (Wildman–Crippen LogP) is 4.70. The van der Waals surface area contributed by atoms with Gasteiger partial charge >= 0.3 is 0 Å². The van der Waals surface area contributed by atoms with Crippen molar-refractivity contribution < 1.29 is 14.4 Å². The van der Waals surface area contributed by atoms with Crippen molar-refractivity contribution in [2.45, 2.75) is 6.92 Å². The molecule has 1 aliphatic heterocycles. The molecule has 1 N–H and O–H groups in total. The zero-order valence-corrected chi connectivity index (χ0v) is 15.7. The van der Waals surface area contributed by atoms with E-state index in [-0.39, 0.29) is 11.3 Å². The number of halogens is 1. The number of hydrogen-bond acceptors (Lipinski definition) is 3. The number of imide groups is 1. The summed E-state index contributed by atoms with van der Waals surface area (Å²) in [6, 6.07) is 18.3. The van der Waals surface area contributed by atoms with Crippen LogP contribution in [0.1, 0.15) is 36.6 Å². The van der Waals surface area contributed by atoms with Gasteiger partial charge in [0.25, 0.3) is 17.7 Å². The van der Waals surface area contributed by atoms with E-state index in [0.717, 1.165) is 10.5 Å². The number of rotatable bonds is 3. The molecule has 0 radical (unpaired) electrons. The summed E-state index contributed by atoms with van der Waals surface area (Å²) in [6.45, 7) is 1.85. The van der Waals surface area contributed by atoms with Gasteiger partial charge in [-0.2, -0.15) is 0 Å². The number of nitrogens with zero attached hydrogens (tertiary/aromatic N) is 1. The van der Waals surface area contributed by atoms with Crippen LogP contribution in [0.4, 0.5) is 11.4 Å². The van der Waals surface area contributed by atoms with E-state index < -0.39 is 17.7 Å². The normalized spacial score (nSPS) is 12.9. The second kappa shape index (κ2) is 6.94. The van der Waals surface area contributed by atoms with E-state index in [2.05, 4.69) is 5.32 Å². The predicted molar refractivity (Wildman–Crippen MR) is 108 cm³/mol. The van der Waals surface area contributed by atoms with Gasteiger partial charge in [-0.15, -0.1) is 0 Å². The molecule has 3 aromatic rings. The van der Waals surface area contributed by atoms with E-state index in [0.29, 0.717) is 21.8 Å². The Kier molecular flexibility index (Phi) is 4.45. The summed E-state index contributed by atoms with van der Waals surface area (Å²) in [5.74, 6) is -1.32. The Morgan fingerprint density at radius 1 is 0.893 bits per heavy atom. The van der Waals surface area contributed by atoms with Crippen molar-refractivity contribution in [1.82, 2.24) is 0 Å². The van der Waals surface area contributed by atoms with Crippen molar-refractivity contribution in [3.63, 3.8) is 0 Å². The SMILES string of the molecule is Cc1ccc(Cl)cc1NC(=O)c1ccccc1N1C(=O)c2ccccc2C1=O. The first-order chi connectivity index (χ1) is 13.5. The van der Waals surface area contributed by atoms with Crippen LogP contribution in [0.2, 0.25) is 5.02 Å². The maximum absolute atomic E-state index is 12.9. The van der Waals surface area contributed by atoms with Crippen LogP contribution in [-0.2, 0) is 0 Å². The molecule has 5 nitrogen and oxygen atoms in total. The second-order valence-corrected chi connectivity index (χ2v) is 6.86. The van der Waals surface area contributed by atoms with Crippen LogP contribution in [0, 0.1) is 6.92 Å². The number of carbonyl (C=O) groups excluding carboxylic acids is 3. The van der Waals surface area contributed by atoms with Crippen LogP contribution in [0.15, 0.2) is 66.7 Å². The molecule has 3 amide bonds. The zero-order valence-electron chi connectivity index (χ0n) is 14.9. The lowest BCUT2D eigenvalue weighted by Crippen LogP contribution is -2.31. The lowest BCUT2D eigenvalue weighted by Gasteiger charge is -2.18. The number of amides is 3.